The largest absolute Gasteiger partial charge is 0.480 e. The molecule has 1 saturated heterocycles. The lowest BCUT2D eigenvalue weighted by Crippen LogP contribution is -2.44. The zero-order valence-electron chi connectivity index (χ0n) is 10.5. The minimum atomic E-state index is -1.10. The van der Waals surface area contributed by atoms with E-state index in [-0.39, 0.29) is 25.4 Å². The van der Waals surface area contributed by atoms with Crippen LogP contribution in [-0.4, -0.2) is 61.1 Å². The van der Waals surface area contributed by atoms with Gasteiger partial charge in [-0.3, -0.25) is 9.59 Å². The van der Waals surface area contributed by atoms with Crippen LogP contribution in [0.25, 0.3) is 0 Å². The Bertz CT molecular complexity index is 344. The zero-order valence-corrected chi connectivity index (χ0v) is 10.5. The summed E-state index contributed by atoms with van der Waals surface area (Å²) in [7, 11) is 3.08. The van der Waals surface area contributed by atoms with Crippen molar-refractivity contribution < 1.29 is 24.2 Å². The number of nitrogens with one attached hydrogen (secondary N) is 1. The number of hydrogen-bond acceptors (Lipinski definition) is 4. The molecule has 0 radical (unpaired) electrons. The molecule has 7 nitrogen and oxygen atoms in total. The Morgan fingerprint density at radius 2 is 2.28 bits per heavy atom. The Morgan fingerprint density at radius 1 is 1.61 bits per heavy atom. The van der Waals surface area contributed by atoms with E-state index >= 15 is 0 Å². The highest BCUT2D eigenvalue weighted by Gasteiger charge is 2.33. The van der Waals surface area contributed by atoms with Crippen LogP contribution >= 0.6 is 0 Å². The van der Waals surface area contributed by atoms with Gasteiger partial charge < -0.3 is 20.1 Å². The molecular formula is C11H18N2O5. The normalized spacial score (nSPS) is 20.9. The summed E-state index contributed by atoms with van der Waals surface area (Å²) in [4.78, 5) is 35.5. The molecule has 1 aliphatic rings. The summed E-state index contributed by atoms with van der Waals surface area (Å²) in [5.41, 5.74) is 0. The van der Waals surface area contributed by atoms with Gasteiger partial charge in [0.25, 0.3) is 0 Å². The van der Waals surface area contributed by atoms with Gasteiger partial charge in [0.15, 0.2) is 0 Å². The maximum absolute atomic E-state index is 11.8. The highest BCUT2D eigenvalue weighted by Crippen LogP contribution is 2.16. The van der Waals surface area contributed by atoms with E-state index in [4.69, 9.17) is 9.84 Å². The van der Waals surface area contributed by atoms with Crippen molar-refractivity contribution in [1.29, 1.82) is 0 Å². The first-order valence-corrected chi connectivity index (χ1v) is 5.71. The summed E-state index contributed by atoms with van der Waals surface area (Å²) in [6.45, 7) is 0.585. The smallest absolute Gasteiger partial charge is 0.326 e. The second-order valence-electron chi connectivity index (χ2n) is 4.36. The number of aliphatic carboxylic acids is 1. The van der Waals surface area contributed by atoms with Gasteiger partial charge in [0.05, 0.1) is 5.92 Å². The molecule has 0 aromatic rings. The van der Waals surface area contributed by atoms with Gasteiger partial charge in [-0.2, -0.15) is 0 Å². The maximum Gasteiger partial charge on any atom is 0.326 e. The Morgan fingerprint density at radius 3 is 2.72 bits per heavy atom. The zero-order chi connectivity index (χ0) is 13.7. The van der Waals surface area contributed by atoms with Crippen molar-refractivity contribution in [2.24, 2.45) is 5.92 Å². The van der Waals surface area contributed by atoms with E-state index in [1.165, 1.54) is 12.0 Å². The predicted octanol–water partition coefficient (Wildman–Crippen LogP) is -0.929. The van der Waals surface area contributed by atoms with Gasteiger partial charge in [-0.1, -0.05) is 0 Å². The number of carbonyl (C=O) groups excluding carboxylic acids is 2. The number of amides is 2. The highest BCUT2D eigenvalue weighted by molar-refractivity contribution is 5.91. The van der Waals surface area contributed by atoms with E-state index in [1.54, 1.807) is 7.05 Å². The number of likely N-dealkylation sites (tertiary alicyclic amines) is 1. The molecular weight excluding hydrogens is 240 g/mol. The van der Waals surface area contributed by atoms with Gasteiger partial charge in [0.1, 0.15) is 6.04 Å². The van der Waals surface area contributed by atoms with Gasteiger partial charge in [-0.25, -0.2) is 4.79 Å². The van der Waals surface area contributed by atoms with Gasteiger partial charge in [-0.05, 0) is 0 Å². The first-order chi connectivity index (χ1) is 8.45. The second kappa shape index (κ2) is 6.34. The molecule has 2 atom stereocenters. The van der Waals surface area contributed by atoms with Crippen molar-refractivity contribution in [3.05, 3.63) is 0 Å². The fourth-order valence-corrected chi connectivity index (χ4v) is 1.82. The van der Waals surface area contributed by atoms with E-state index in [0.29, 0.717) is 6.54 Å². The summed E-state index contributed by atoms with van der Waals surface area (Å²) in [6, 6.07) is -0.974. The molecule has 0 spiro atoms. The Balaban J connectivity index is 2.51. The summed E-state index contributed by atoms with van der Waals surface area (Å²) in [5.74, 6) is -2.06. The molecule has 1 fully saturated rings. The first-order valence-electron chi connectivity index (χ1n) is 5.71. The number of ether oxygens (including phenoxy) is 1. The number of carboxylic acids is 1. The van der Waals surface area contributed by atoms with Gasteiger partial charge >= 0.3 is 5.97 Å². The first kappa shape index (κ1) is 14.4. The number of methoxy groups -OCH3 is 1. The van der Waals surface area contributed by atoms with Crippen LogP contribution < -0.4 is 5.32 Å². The third-order valence-electron chi connectivity index (χ3n) is 2.94. The van der Waals surface area contributed by atoms with Crippen LogP contribution in [0.3, 0.4) is 0 Å². The quantitative estimate of drug-likeness (QED) is 0.641. The van der Waals surface area contributed by atoms with Crippen LogP contribution in [0.2, 0.25) is 0 Å². The molecule has 0 saturated carbocycles. The van der Waals surface area contributed by atoms with Crippen molar-refractivity contribution in [2.45, 2.75) is 18.9 Å². The van der Waals surface area contributed by atoms with Crippen LogP contribution in [-0.2, 0) is 19.1 Å². The van der Waals surface area contributed by atoms with Crippen molar-refractivity contribution in [3.63, 3.8) is 0 Å². The Labute approximate surface area is 105 Å². The minimum Gasteiger partial charge on any atom is -0.480 e. The SMILES string of the molecule is COCCC(NC(=O)C1CC(=O)N(C)C1)C(=O)O. The number of hydrogen-bond donors (Lipinski definition) is 2. The van der Waals surface area contributed by atoms with Gasteiger partial charge in [-0.15, -0.1) is 0 Å². The fraction of sp³-hybridized carbons (Fsp3) is 0.727. The highest BCUT2D eigenvalue weighted by atomic mass is 16.5. The van der Waals surface area contributed by atoms with Crippen molar-refractivity contribution in [2.75, 3.05) is 27.3 Å². The van der Waals surface area contributed by atoms with Gasteiger partial charge in [0, 0.05) is 40.2 Å². The average molecular weight is 258 g/mol. The van der Waals surface area contributed by atoms with E-state index in [9.17, 15) is 14.4 Å². The standard InChI is InChI=1S/C11H18N2O5/c1-13-6-7(5-9(13)14)10(15)12-8(11(16)17)3-4-18-2/h7-8H,3-6H2,1-2H3,(H,12,15)(H,16,17). The molecule has 1 heterocycles. The molecule has 2 N–H and O–H groups in total. The summed E-state index contributed by atoms with van der Waals surface area (Å²) < 4.78 is 4.79. The second-order valence-corrected chi connectivity index (χ2v) is 4.36. The van der Waals surface area contributed by atoms with E-state index in [2.05, 4.69) is 5.32 Å². The maximum atomic E-state index is 11.8. The third kappa shape index (κ3) is 3.69. The lowest BCUT2D eigenvalue weighted by molar-refractivity contribution is -0.142. The molecule has 2 unspecified atom stereocenters. The summed E-state index contributed by atoms with van der Waals surface area (Å²) in [5, 5.41) is 11.4. The van der Waals surface area contributed by atoms with Crippen molar-refractivity contribution in [1.82, 2.24) is 10.2 Å². The number of rotatable bonds is 6. The van der Waals surface area contributed by atoms with E-state index < -0.39 is 23.8 Å². The summed E-state index contributed by atoms with van der Waals surface area (Å²) >= 11 is 0. The third-order valence-corrected chi connectivity index (χ3v) is 2.94. The number of carbonyl (C=O) groups is 3. The molecule has 7 heteroatoms. The molecule has 0 bridgehead atoms. The molecule has 0 aromatic heterocycles. The molecule has 102 valence electrons. The van der Waals surface area contributed by atoms with Crippen molar-refractivity contribution >= 4 is 17.8 Å². The molecule has 1 aliphatic heterocycles. The Hall–Kier alpha value is -1.63. The number of carboxylic acid groups (broad SMARTS) is 1. The molecule has 0 aromatic carbocycles. The van der Waals surface area contributed by atoms with Crippen LogP contribution in [0, 0.1) is 5.92 Å². The topological polar surface area (TPSA) is 95.9 Å². The van der Waals surface area contributed by atoms with Crippen LogP contribution in [0.1, 0.15) is 12.8 Å². The van der Waals surface area contributed by atoms with E-state index in [0.717, 1.165) is 0 Å². The van der Waals surface area contributed by atoms with Gasteiger partial charge in [0.2, 0.25) is 11.8 Å². The fourth-order valence-electron chi connectivity index (χ4n) is 1.82. The van der Waals surface area contributed by atoms with Crippen LogP contribution in [0.4, 0.5) is 0 Å². The van der Waals surface area contributed by atoms with E-state index in [1.807, 2.05) is 0 Å². The lowest BCUT2D eigenvalue weighted by Gasteiger charge is -2.16. The molecule has 18 heavy (non-hydrogen) atoms. The predicted molar refractivity (Wildman–Crippen MR) is 61.8 cm³/mol. The van der Waals surface area contributed by atoms with Crippen LogP contribution in [0.5, 0.6) is 0 Å². The molecule has 1 rings (SSSR count). The monoisotopic (exact) mass is 258 g/mol. The molecule has 0 aliphatic carbocycles. The minimum absolute atomic E-state index is 0.0982. The summed E-state index contributed by atoms with van der Waals surface area (Å²) in [6.07, 6.45) is 0.340. The Kier molecular flexibility index (Phi) is 5.08. The lowest BCUT2D eigenvalue weighted by atomic mass is 10.1. The number of nitrogens with zero attached hydrogens (tertiary/aromatic N) is 1. The van der Waals surface area contributed by atoms with Crippen molar-refractivity contribution in [3.8, 4) is 0 Å². The molecule has 2 amide bonds. The average Bonchev–Trinajstić information content (AvgIpc) is 2.64. The van der Waals surface area contributed by atoms with Crippen LogP contribution in [0.15, 0.2) is 0 Å².